The topological polar surface area (TPSA) is 187 Å². The minimum atomic E-state index is -0.744. The van der Waals surface area contributed by atoms with E-state index in [0.29, 0.717) is 11.1 Å². The largest absolute Gasteiger partial charge is 0.481 e. The van der Waals surface area contributed by atoms with E-state index < -0.39 is 23.8 Å². The number of carbonyl (C=O) groups is 4. The molecule has 0 radical (unpaired) electrons. The maximum atomic E-state index is 10.4. The van der Waals surface area contributed by atoms with Gasteiger partial charge in [-0.25, -0.2) is 0 Å². The fourth-order valence-electron chi connectivity index (χ4n) is 3.36. The van der Waals surface area contributed by atoms with Gasteiger partial charge in [0.05, 0.1) is 12.8 Å². The smallest absolute Gasteiger partial charge is 0.303 e. The molecule has 10 nitrogen and oxygen atoms in total. The van der Waals surface area contributed by atoms with Crippen LogP contribution in [-0.2, 0) is 9.59 Å². The quantitative estimate of drug-likeness (QED) is 0.230. The Morgan fingerprint density at radius 3 is 1.07 bits per heavy atom. The van der Waals surface area contributed by atoms with Gasteiger partial charge in [-0.3, -0.25) is 29.1 Å². The second-order valence-electron chi connectivity index (χ2n) is 9.02. The highest BCUT2D eigenvalue weighted by atomic mass is 16.4. The first kappa shape index (κ1) is 34.6. The zero-order valence-electron chi connectivity index (χ0n) is 23.5. The van der Waals surface area contributed by atoms with Gasteiger partial charge in [-0.05, 0) is 47.2 Å². The number of nitrogens with two attached hydrogens (primary N) is 2. The van der Waals surface area contributed by atoms with Crippen LogP contribution in [0.4, 0.5) is 0 Å². The lowest BCUT2D eigenvalue weighted by atomic mass is 9.98. The normalized spacial score (nSPS) is 10.9. The third kappa shape index (κ3) is 15.3. The molecular weight excluding hydrogens is 536 g/mol. The second kappa shape index (κ2) is 19.6. The van der Waals surface area contributed by atoms with Crippen molar-refractivity contribution in [3.05, 3.63) is 132 Å². The molecule has 0 aliphatic rings. The van der Waals surface area contributed by atoms with Gasteiger partial charge in [0.2, 0.25) is 11.8 Å². The van der Waals surface area contributed by atoms with Crippen LogP contribution in [0.25, 0.3) is 0 Å². The lowest BCUT2D eigenvalue weighted by Gasteiger charge is -2.07. The number of hydrogen-bond donors (Lipinski definition) is 4. The Bertz CT molecular complexity index is 1250. The van der Waals surface area contributed by atoms with Crippen LogP contribution in [0.5, 0.6) is 0 Å². The number of hydrogen-bond acceptors (Lipinski definition) is 6. The average molecular weight is 573 g/mol. The number of rotatable bonds is 8. The monoisotopic (exact) mass is 572 g/mol. The van der Waals surface area contributed by atoms with E-state index in [1.54, 1.807) is 24.3 Å². The van der Waals surface area contributed by atoms with E-state index in [9.17, 15) is 19.2 Å². The highest BCUT2D eigenvalue weighted by Gasteiger charge is 2.09. The molecule has 0 aliphatic carbocycles. The van der Waals surface area contributed by atoms with Crippen molar-refractivity contribution in [2.45, 2.75) is 38.5 Å². The van der Waals surface area contributed by atoms with E-state index in [-0.39, 0.29) is 24.7 Å². The van der Waals surface area contributed by atoms with Crippen molar-refractivity contribution in [1.29, 1.82) is 0 Å². The molecule has 2 atom stereocenters. The Balaban J connectivity index is 0.000000283. The lowest BCUT2D eigenvalue weighted by Crippen LogP contribution is -2.10. The zero-order chi connectivity index (χ0) is 31.3. The third-order valence-electron chi connectivity index (χ3n) is 5.63. The maximum Gasteiger partial charge on any atom is 0.303 e. The molecule has 2 aromatic carbocycles. The van der Waals surface area contributed by atoms with Gasteiger partial charge < -0.3 is 21.7 Å². The molecule has 0 fully saturated rings. The van der Waals surface area contributed by atoms with Gasteiger partial charge in [-0.15, -0.1) is 0 Å². The number of benzene rings is 2. The van der Waals surface area contributed by atoms with Crippen LogP contribution in [0, 0.1) is 0 Å². The van der Waals surface area contributed by atoms with Crippen LogP contribution in [0.1, 0.15) is 70.4 Å². The lowest BCUT2D eigenvalue weighted by molar-refractivity contribution is -0.138. The fraction of sp³-hybridized carbons (Fsp3) is 0.188. The summed E-state index contributed by atoms with van der Waals surface area (Å²) in [5.41, 5.74) is 13.0. The first-order chi connectivity index (χ1) is 20.0. The first-order valence-electron chi connectivity index (χ1n) is 12.9. The molecule has 0 saturated carbocycles. The summed E-state index contributed by atoms with van der Waals surface area (Å²) in [6, 6.07) is 25.6. The third-order valence-corrected chi connectivity index (χ3v) is 5.63. The minimum Gasteiger partial charge on any atom is -0.481 e. The van der Waals surface area contributed by atoms with Crippen LogP contribution in [-0.4, -0.2) is 43.9 Å². The first-order valence-corrected chi connectivity index (χ1v) is 12.9. The molecule has 42 heavy (non-hydrogen) atoms. The SMILES string of the molecule is C[C@@H](CC(=O)O)c1ccccc1.C[C@@H](CC(=O)O)c1ccccc1.NC(=O)c1ccncc1.NC(=O)c1ccncc1. The average Bonchev–Trinajstić information content (AvgIpc) is 2.99. The number of nitrogens with zero attached hydrogens (tertiary/aromatic N) is 2. The van der Waals surface area contributed by atoms with Crippen LogP contribution < -0.4 is 11.5 Å². The number of aliphatic carboxylic acids is 2. The number of amides is 2. The van der Waals surface area contributed by atoms with E-state index >= 15 is 0 Å². The molecule has 0 saturated heterocycles. The summed E-state index contributed by atoms with van der Waals surface area (Å²) in [6.45, 7) is 3.84. The zero-order valence-corrected chi connectivity index (χ0v) is 23.5. The summed E-state index contributed by atoms with van der Waals surface area (Å²) in [5, 5.41) is 17.1. The fourth-order valence-corrected chi connectivity index (χ4v) is 3.36. The molecule has 4 rings (SSSR count). The molecule has 2 aromatic heterocycles. The van der Waals surface area contributed by atoms with Gasteiger partial charge in [0.15, 0.2) is 0 Å². The van der Waals surface area contributed by atoms with Crippen LogP contribution in [0.2, 0.25) is 0 Å². The predicted molar refractivity (Wildman–Crippen MR) is 160 cm³/mol. The number of carboxylic acid groups (broad SMARTS) is 2. The van der Waals surface area contributed by atoms with Gasteiger partial charge in [0, 0.05) is 35.9 Å². The standard InChI is InChI=1S/2C10H12O2.2C6H6N2O/c2*1-8(7-10(11)12)9-5-3-2-4-6-9;2*7-6(9)5-1-3-8-4-2-5/h2*2-6,8H,7H2,1H3,(H,11,12);2*1-4H,(H2,7,9)/t2*8-;;/m00../s1. The van der Waals surface area contributed by atoms with E-state index in [4.69, 9.17) is 21.7 Å². The molecule has 0 spiro atoms. The number of primary amides is 2. The molecule has 0 bridgehead atoms. The number of carboxylic acids is 2. The molecular formula is C32H36N4O6. The van der Waals surface area contributed by atoms with Gasteiger partial charge in [0.1, 0.15) is 0 Å². The van der Waals surface area contributed by atoms with Gasteiger partial charge in [-0.1, -0.05) is 74.5 Å². The van der Waals surface area contributed by atoms with Crippen molar-refractivity contribution in [2.75, 3.05) is 0 Å². The summed E-state index contributed by atoms with van der Waals surface area (Å²) >= 11 is 0. The Morgan fingerprint density at radius 1 is 0.571 bits per heavy atom. The van der Waals surface area contributed by atoms with Crippen molar-refractivity contribution in [1.82, 2.24) is 9.97 Å². The molecule has 2 amide bonds. The molecule has 2 heterocycles. The Kier molecular flexibility index (Phi) is 16.2. The molecule has 220 valence electrons. The highest BCUT2D eigenvalue weighted by molar-refractivity contribution is 5.92. The number of carbonyl (C=O) groups excluding carboxylic acids is 2. The van der Waals surface area contributed by atoms with Crippen molar-refractivity contribution < 1.29 is 29.4 Å². The predicted octanol–water partition coefficient (Wildman–Crippen LogP) is 4.89. The van der Waals surface area contributed by atoms with Crippen molar-refractivity contribution in [2.24, 2.45) is 11.5 Å². The van der Waals surface area contributed by atoms with Crippen molar-refractivity contribution in [3.8, 4) is 0 Å². The van der Waals surface area contributed by atoms with Gasteiger partial charge >= 0.3 is 11.9 Å². The Morgan fingerprint density at radius 2 is 0.857 bits per heavy atom. The molecule has 0 aliphatic heterocycles. The maximum absolute atomic E-state index is 10.4. The molecule has 6 N–H and O–H groups in total. The molecule has 10 heteroatoms. The van der Waals surface area contributed by atoms with Gasteiger partial charge in [-0.2, -0.15) is 0 Å². The highest BCUT2D eigenvalue weighted by Crippen LogP contribution is 2.18. The summed E-state index contributed by atoms with van der Waals surface area (Å²) < 4.78 is 0. The van der Waals surface area contributed by atoms with Crippen LogP contribution in [0.15, 0.2) is 110 Å². The summed E-state index contributed by atoms with van der Waals surface area (Å²) in [4.78, 5) is 49.0. The number of aromatic nitrogens is 2. The van der Waals surface area contributed by atoms with E-state index in [1.807, 2.05) is 74.5 Å². The molecule has 0 unspecified atom stereocenters. The summed E-state index contributed by atoms with van der Waals surface area (Å²) in [5.74, 6) is -2.13. The Labute approximate surface area is 245 Å². The second-order valence-corrected chi connectivity index (χ2v) is 9.02. The van der Waals surface area contributed by atoms with E-state index in [1.165, 1.54) is 24.8 Å². The van der Waals surface area contributed by atoms with Crippen LogP contribution >= 0.6 is 0 Å². The van der Waals surface area contributed by atoms with E-state index in [0.717, 1.165) is 11.1 Å². The van der Waals surface area contributed by atoms with Crippen molar-refractivity contribution >= 4 is 23.8 Å². The minimum absolute atomic E-state index is 0.101. The van der Waals surface area contributed by atoms with Crippen LogP contribution in [0.3, 0.4) is 0 Å². The van der Waals surface area contributed by atoms with Crippen molar-refractivity contribution in [3.63, 3.8) is 0 Å². The van der Waals surface area contributed by atoms with Gasteiger partial charge in [0.25, 0.3) is 0 Å². The summed E-state index contributed by atoms with van der Waals surface area (Å²) in [6.07, 6.45) is 6.51. The Hall–Kier alpha value is -5.38. The summed E-state index contributed by atoms with van der Waals surface area (Å²) in [7, 11) is 0. The molecule has 4 aromatic rings. The van der Waals surface area contributed by atoms with E-state index in [2.05, 4.69) is 9.97 Å². The number of pyridine rings is 2.